The predicted octanol–water partition coefficient (Wildman–Crippen LogP) is 2.82. The van der Waals surface area contributed by atoms with Crippen molar-refractivity contribution in [3.63, 3.8) is 0 Å². The molecule has 2 N–H and O–H groups in total. The van der Waals surface area contributed by atoms with E-state index in [-0.39, 0.29) is 28.5 Å². The number of esters is 1. The number of carbonyl (C=O) groups excluding carboxylic acids is 2. The molecule has 1 aromatic rings. The third-order valence-electron chi connectivity index (χ3n) is 3.19. The van der Waals surface area contributed by atoms with E-state index in [1.165, 1.54) is 6.92 Å². The molecule has 0 saturated carbocycles. The number of anilines is 1. The zero-order chi connectivity index (χ0) is 18.0. The van der Waals surface area contributed by atoms with Crippen molar-refractivity contribution in [1.29, 1.82) is 0 Å². The Labute approximate surface area is 139 Å². The number of ketones is 1. The van der Waals surface area contributed by atoms with Gasteiger partial charge in [0.05, 0.1) is 11.6 Å². The summed E-state index contributed by atoms with van der Waals surface area (Å²) >= 11 is 0.344. The van der Waals surface area contributed by atoms with E-state index in [4.69, 9.17) is 4.74 Å². The summed E-state index contributed by atoms with van der Waals surface area (Å²) in [6.07, 6.45) is -1.66. The molecule has 1 heterocycles. The minimum absolute atomic E-state index is 0.0105. The number of hydrogen-bond donors (Lipinski definition) is 2. The highest BCUT2D eigenvalue weighted by Crippen LogP contribution is 2.42. The van der Waals surface area contributed by atoms with Gasteiger partial charge in [-0.3, -0.25) is 4.79 Å². The molecule has 1 aromatic carbocycles. The molecule has 0 aromatic heterocycles. The van der Waals surface area contributed by atoms with Gasteiger partial charge in [-0.15, -0.1) is 0 Å². The first-order valence-electron chi connectivity index (χ1n) is 6.92. The Morgan fingerprint density at radius 2 is 2.00 bits per heavy atom. The Morgan fingerprint density at radius 1 is 1.38 bits per heavy atom. The smallest absolute Gasteiger partial charge is 0.339 e. The number of alkyl halides is 1. The zero-order valence-corrected chi connectivity index (χ0v) is 13.5. The monoisotopic (exact) mass is 361 g/mol. The van der Waals surface area contributed by atoms with Gasteiger partial charge in [0.15, 0.2) is 17.4 Å². The molecule has 0 amide bonds. The highest BCUT2D eigenvalue weighted by molar-refractivity contribution is 8.04. The fourth-order valence-corrected chi connectivity index (χ4v) is 2.92. The SMILES string of the molecule is CCOC(=O)C1=C(SC(F)C(C)=O)Nc2cc(F)c(F)cc2C1O. The molecule has 2 unspecified atom stereocenters. The van der Waals surface area contributed by atoms with E-state index in [1.807, 2.05) is 0 Å². The third-order valence-corrected chi connectivity index (χ3v) is 4.29. The number of aliphatic hydroxyl groups is 1. The maximum Gasteiger partial charge on any atom is 0.339 e. The quantitative estimate of drug-likeness (QED) is 0.786. The molecule has 2 atom stereocenters. The lowest BCUT2D eigenvalue weighted by Gasteiger charge is -2.27. The van der Waals surface area contributed by atoms with E-state index in [0.717, 1.165) is 19.1 Å². The van der Waals surface area contributed by atoms with Crippen molar-refractivity contribution in [2.24, 2.45) is 0 Å². The predicted molar refractivity (Wildman–Crippen MR) is 81.8 cm³/mol. The largest absolute Gasteiger partial charge is 0.462 e. The molecular weight excluding hydrogens is 347 g/mol. The summed E-state index contributed by atoms with van der Waals surface area (Å²) < 4.78 is 45.4. The van der Waals surface area contributed by atoms with Gasteiger partial charge < -0.3 is 15.2 Å². The van der Waals surface area contributed by atoms with Gasteiger partial charge in [-0.2, -0.15) is 0 Å². The van der Waals surface area contributed by atoms with Crippen LogP contribution in [0.3, 0.4) is 0 Å². The molecule has 0 saturated heterocycles. The molecular formula is C15H14F3NO4S. The zero-order valence-electron chi connectivity index (χ0n) is 12.7. The summed E-state index contributed by atoms with van der Waals surface area (Å²) in [4.78, 5) is 23.2. The van der Waals surface area contributed by atoms with Crippen molar-refractivity contribution in [2.45, 2.75) is 25.5 Å². The Hall–Kier alpha value is -2.00. The molecule has 5 nitrogen and oxygen atoms in total. The van der Waals surface area contributed by atoms with Gasteiger partial charge in [-0.1, -0.05) is 11.8 Å². The van der Waals surface area contributed by atoms with Crippen molar-refractivity contribution in [3.8, 4) is 0 Å². The number of rotatable bonds is 5. The van der Waals surface area contributed by atoms with Crippen LogP contribution in [0.15, 0.2) is 22.7 Å². The van der Waals surface area contributed by atoms with Gasteiger partial charge in [0.2, 0.25) is 5.50 Å². The van der Waals surface area contributed by atoms with Crippen LogP contribution < -0.4 is 5.32 Å². The van der Waals surface area contributed by atoms with E-state index >= 15 is 0 Å². The number of halogens is 3. The number of aliphatic hydroxyl groups excluding tert-OH is 1. The van der Waals surface area contributed by atoms with Crippen molar-refractivity contribution in [2.75, 3.05) is 11.9 Å². The highest BCUT2D eigenvalue weighted by atomic mass is 32.2. The maximum atomic E-state index is 13.8. The van der Waals surface area contributed by atoms with Gasteiger partial charge in [0.1, 0.15) is 11.7 Å². The first kappa shape index (κ1) is 18.3. The number of nitrogens with one attached hydrogen (secondary N) is 1. The second-order valence-electron chi connectivity index (χ2n) is 4.89. The summed E-state index contributed by atoms with van der Waals surface area (Å²) in [5, 5.41) is 12.7. The fraction of sp³-hybridized carbons (Fsp3) is 0.333. The van der Waals surface area contributed by atoms with Crippen LogP contribution >= 0.6 is 11.8 Å². The minimum Gasteiger partial charge on any atom is -0.462 e. The molecule has 9 heteroatoms. The number of ether oxygens (including phenoxy) is 1. The number of carbonyl (C=O) groups is 2. The molecule has 0 fully saturated rings. The van der Waals surface area contributed by atoms with Gasteiger partial charge in [-0.25, -0.2) is 18.0 Å². The second kappa shape index (κ2) is 7.27. The maximum absolute atomic E-state index is 13.8. The molecule has 0 radical (unpaired) electrons. The molecule has 2 rings (SSSR count). The molecule has 24 heavy (non-hydrogen) atoms. The summed E-state index contributed by atoms with van der Waals surface area (Å²) in [5.41, 5.74) is -2.51. The highest BCUT2D eigenvalue weighted by Gasteiger charge is 2.35. The van der Waals surface area contributed by atoms with E-state index in [0.29, 0.717) is 11.8 Å². The lowest BCUT2D eigenvalue weighted by atomic mass is 9.97. The van der Waals surface area contributed by atoms with E-state index < -0.39 is 35.0 Å². The number of hydrogen-bond acceptors (Lipinski definition) is 6. The van der Waals surface area contributed by atoms with Crippen molar-refractivity contribution >= 4 is 29.2 Å². The Bertz CT molecular complexity index is 723. The summed E-state index contributed by atoms with van der Waals surface area (Å²) in [6, 6.07) is 1.51. The van der Waals surface area contributed by atoms with Crippen LogP contribution in [0.25, 0.3) is 0 Å². The average Bonchev–Trinajstić information content (AvgIpc) is 2.49. The van der Waals surface area contributed by atoms with Crippen LogP contribution in [0.5, 0.6) is 0 Å². The van der Waals surface area contributed by atoms with E-state index in [9.17, 15) is 27.9 Å². The lowest BCUT2D eigenvalue weighted by molar-refractivity contribution is -0.139. The second-order valence-corrected chi connectivity index (χ2v) is 5.95. The van der Waals surface area contributed by atoms with E-state index in [1.54, 1.807) is 0 Å². The van der Waals surface area contributed by atoms with Crippen molar-refractivity contribution < 1.29 is 32.6 Å². The molecule has 0 aliphatic carbocycles. The normalized spacial score (nSPS) is 17.8. The van der Waals surface area contributed by atoms with E-state index in [2.05, 4.69) is 5.32 Å². The number of benzene rings is 1. The standard InChI is InChI=1S/C15H14F3NO4S/c1-3-23-15(22)11-12(21)7-4-8(16)9(17)5-10(7)19-14(11)24-13(18)6(2)20/h4-5,12-13,19,21H,3H2,1-2H3. The number of thioether (sulfide) groups is 1. The van der Waals surface area contributed by atoms with Crippen LogP contribution in [0.4, 0.5) is 18.9 Å². The minimum atomic E-state index is -2.00. The van der Waals surface area contributed by atoms with Crippen LogP contribution in [0, 0.1) is 11.6 Å². The number of fused-ring (bicyclic) bond motifs is 1. The van der Waals surface area contributed by atoms with Crippen molar-refractivity contribution in [3.05, 3.63) is 39.9 Å². The topological polar surface area (TPSA) is 75.6 Å². The van der Waals surface area contributed by atoms with Crippen LogP contribution in [0.2, 0.25) is 0 Å². The Kier molecular flexibility index (Phi) is 5.55. The van der Waals surface area contributed by atoms with Crippen LogP contribution in [-0.2, 0) is 14.3 Å². The molecule has 130 valence electrons. The first-order chi connectivity index (χ1) is 11.3. The Balaban J connectivity index is 2.51. The van der Waals surface area contributed by atoms with Crippen LogP contribution in [-0.4, -0.2) is 29.0 Å². The molecule has 0 bridgehead atoms. The molecule has 1 aliphatic rings. The summed E-state index contributed by atoms with van der Waals surface area (Å²) in [7, 11) is 0. The van der Waals surface area contributed by atoms with Gasteiger partial charge >= 0.3 is 5.97 Å². The first-order valence-corrected chi connectivity index (χ1v) is 7.80. The summed E-state index contributed by atoms with van der Waals surface area (Å²) in [6.45, 7) is 2.54. The van der Waals surface area contributed by atoms with Gasteiger partial charge in [-0.05, 0) is 19.9 Å². The van der Waals surface area contributed by atoms with Gasteiger partial charge in [0, 0.05) is 17.3 Å². The molecule has 0 spiro atoms. The Morgan fingerprint density at radius 3 is 2.58 bits per heavy atom. The van der Waals surface area contributed by atoms with Crippen LogP contribution in [0.1, 0.15) is 25.5 Å². The average molecular weight is 361 g/mol. The third kappa shape index (κ3) is 3.57. The summed E-state index contributed by atoms with van der Waals surface area (Å²) in [5.74, 6) is -4.14. The van der Waals surface area contributed by atoms with Gasteiger partial charge in [0.25, 0.3) is 0 Å². The van der Waals surface area contributed by atoms with Crippen molar-refractivity contribution in [1.82, 2.24) is 0 Å². The fourth-order valence-electron chi connectivity index (χ4n) is 2.06. The molecule has 1 aliphatic heterocycles. The number of Topliss-reactive ketones (excluding diaryl/α,β-unsaturated/α-hetero) is 1. The lowest BCUT2D eigenvalue weighted by Crippen LogP contribution is -2.25.